The molecule has 0 spiro atoms. The first-order valence-corrected chi connectivity index (χ1v) is 9.85. The van der Waals surface area contributed by atoms with E-state index in [9.17, 15) is 14.4 Å². The van der Waals surface area contributed by atoms with Gasteiger partial charge in [-0.15, -0.1) is 0 Å². The van der Waals surface area contributed by atoms with Crippen molar-refractivity contribution in [2.24, 2.45) is 0 Å². The molecule has 156 valence electrons. The molecule has 1 atom stereocenters. The van der Waals surface area contributed by atoms with Gasteiger partial charge in [-0.05, 0) is 70.2 Å². The zero-order chi connectivity index (χ0) is 21.8. The molecule has 0 radical (unpaired) electrons. The molecule has 0 aliphatic heterocycles. The van der Waals surface area contributed by atoms with Crippen LogP contribution >= 0.6 is 0 Å². The Morgan fingerprint density at radius 3 is 2.37 bits per heavy atom. The fourth-order valence-corrected chi connectivity index (χ4v) is 3.21. The molecule has 0 saturated heterocycles. The van der Waals surface area contributed by atoms with Crippen molar-refractivity contribution in [1.82, 2.24) is 9.55 Å². The van der Waals surface area contributed by atoms with E-state index in [0.717, 1.165) is 0 Å². The van der Waals surface area contributed by atoms with Crippen LogP contribution in [0, 0.1) is 6.92 Å². The molecule has 0 bridgehead atoms. The van der Waals surface area contributed by atoms with Gasteiger partial charge in [0.05, 0.1) is 23.2 Å². The third kappa shape index (κ3) is 4.25. The molecule has 0 unspecified atom stereocenters. The minimum Gasteiger partial charge on any atom is -0.494 e. The summed E-state index contributed by atoms with van der Waals surface area (Å²) >= 11 is 0. The number of esters is 1. The molecule has 1 heterocycles. The molecule has 7 nitrogen and oxygen atoms in total. The van der Waals surface area contributed by atoms with Gasteiger partial charge in [0, 0.05) is 12.1 Å². The van der Waals surface area contributed by atoms with Crippen molar-refractivity contribution >= 4 is 22.8 Å². The molecule has 0 aliphatic carbocycles. The number of rotatable bonds is 7. The van der Waals surface area contributed by atoms with Crippen LogP contribution in [0.25, 0.3) is 11.0 Å². The van der Waals surface area contributed by atoms with Gasteiger partial charge in [0.15, 0.2) is 6.10 Å². The zero-order valence-electron chi connectivity index (χ0n) is 17.5. The summed E-state index contributed by atoms with van der Waals surface area (Å²) < 4.78 is 12.3. The summed E-state index contributed by atoms with van der Waals surface area (Å²) in [6.07, 6.45) is -0.953. The Morgan fingerprint density at radius 2 is 1.73 bits per heavy atom. The quantitative estimate of drug-likeness (QED) is 0.439. The predicted octanol–water partition coefficient (Wildman–Crippen LogP) is 3.55. The van der Waals surface area contributed by atoms with E-state index in [1.807, 2.05) is 13.8 Å². The smallest absolute Gasteiger partial charge is 0.338 e. The SMILES string of the molecule is CCOc1ccc(C(=O)[C@H](C)OC(=O)c2ccc3c(c2)nc(C)c(=O)n3CC)cc1. The topological polar surface area (TPSA) is 87.5 Å². The summed E-state index contributed by atoms with van der Waals surface area (Å²) in [6, 6.07) is 11.5. The highest BCUT2D eigenvalue weighted by atomic mass is 16.5. The van der Waals surface area contributed by atoms with Crippen LogP contribution < -0.4 is 10.3 Å². The maximum Gasteiger partial charge on any atom is 0.338 e. The second kappa shape index (κ2) is 8.90. The number of aryl methyl sites for hydroxylation is 2. The molecule has 3 aromatic rings. The van der Waals surface area contributed by atoms with Gasteiger partial charge >= 0.3 is 5.97 Å². The number of carbonyl (C=O) groups is 2. The lowest BCUT2D eigenvalue weighted by molar-refractivity contribution is 0.0319. The Morgan fingerprint density at radius 1 is 1.07 bits per heavy atom. The van der Waals surface area contributed by atoms with Crippen LogP contribution in [-0.4, -0.2) is 34.0 Å². The average Bonchev–Trinajstić information content (AvgIpc) is 2.74. The molecule has 0 N–H and O–H groups in total. The van der Waals surface area contributed by atoms with Crippen molar-refractivity contribution < 1.29 is 19.1 Å². The first kappa shape index (κ1) is 21.2. The number of aromatic nitrogens is 2. The lowest BCUT2D eigenvalue weighted by atomic mass is 10.1. The predicted molar refractivity (Wildman–Crippen MR) is 113 cm³/mol. The Balaban J connectivity index is 1.79. The number of hydrogen-bond acceptors (Lipinski definition) is 6. The van der Waals surface area contributed by atoms with Crippen LogP contribution in [0.3, 0.4) is 0 Å². The Labute approximate surface area is 174 Å². The third-order valence-electron chi connectivity index (χ3n) is 4.76. The summed E-state index contributed by atoms with van der Waals surface area (Å²) in [6.45, 7) is 7.96. The molecular weight excluding hydrogens is 384 g/mol. The van der Waals surface area contributed by atoms with Gasteiger partial charge in [-0.25, -0.2) is 9.78 Å². The maximum atomic E-state index is 12.6. The third-order valence-corrected chi connectivity index (χ3v) is 4.76. The minimum absolute atomic E-state index is 0.157. The van der Waals surface area contributed by atoms with E-state index in [-0.39, 0.29) is 16.9 Å². The zero-order valence-corrected chi connectivity index (χ0v) is 17.5. The molecule has 7 heteroatoms. The summed E-state index contributed by atoms with van der Waals surface area (Å²) in [7, 11) is 0. The molecular formula is C23H24N2O5. The molecule has 3 rings (SSSR count). The number of ether oxygens (including phenoxy) is 2. The van der Waals surface area contributed by atoms with Gasteiger partial charge in [0.1, 0.15) is 11.4 Å². The van der Waals surface area contributed by atoms with E-state index in [4.69, 9.17) is 9.47 Å². The first-order chi connectivity index (χ1) is 14.3. The fraction of sp³-hybridized carbons (Fsp3) is 0.304. The molecule has 1 aromatic heterocycles. The van der Waals surface area contributed by atoms with Crippen LogP contribution in [0.5, 0.6) is 5.75 Å². The molecule has 0 fully saturated rings. The van der Waals surface area contributed by atoms with Crippen molar-refractivity contribution in [2.45, 2.75) is 40.3 Å². The van der Waals surface area contributed by atoms with Gasteiger partial charge in [0.2, 0.25) is 5.78 Å². The summed E-state index contributed by atoms with van der Waals surface area (Å²) in [5.74, 6) is -0.262. The van der Waals surface area contributed by atoms with Crippen LogP contribution in [0.1, 0.15) is 47.2 Å². The normalized spacial score (nSPS) is 11.9. The van der Waals surface area contributed by atoms with Gasteiger partial charge in [0.25, 0.3) is 5.56 Å². The van der Waals surface area contributed by atoms with Crippen molar-refractivity contribution in [1.29, 1.82) is 0 Å². The second-order valence-corrected chi connectivity index (χ2v) is 6.82. The molecule has 0 amide bonds. The summed E-state index contributed by atoms with van der Waals surface area (Å²) in [4.78, 5) is 41.7. The Kier molecular flexibility index (Phi) is 6.30. The maximum absolute atomic E-state index is 12.6. The highest BCUT2D eigenvalue weighted by Gasteiger charge is 2.21. The number of hydrogen-bond donors (Lipinski definition) is 0. The molecule has 30 heavy (non-hydrogen) atoms. The summed E-state index contributed by atoms with van der Waals surface area (Å²) in [5.41, 5.74) is 2.06. The molecule has 0 aliphatic rings. The van der Waals surface area contributed by atoms with Crippen molar-refractivity contribution in [2.75, 3.05) is 6.61 Å². The van der Waals surface area contributed by atoms with Crippen LogP contribution in [-0.2, 0) is 11.3 Å². The standard InChI is InChI=1S/C23H24N2O5/c1-5-25-20-12-9-17(13-19(20)24-14(3)22(25)27)23(28)30-15(4)21(26)16-7-10-18(11-8-16)29-6-2/h7-13,15H,5-6H2,1-4H3/t15-/m0/s1. The van der Waals surface area contributed by atoms with Gasteiger partial charge in [-0.3, -0.25) is 9.59 Å². The number of nitrogens with zero attached hydrogens (tertiary/aromatic N) is 2. The van der Waals surface area contributed by atoms with Crippen LogP contribution in [0.15, 0.2) is 47.3 Å². The molecule has 2 aromatic carbocycles. The Bertz CT molecular complexity index is 1150. The van der Waals surface area contributed by atoms with E-state index >= 15 is 0 Å². The lowest BCUT2D eigenvalue weighted by Crippen LogP contribution is -2.25. The average molecular weight is 408 g/mol. The molecule has 0 saturated carbocycles. The van der Waals surface area contributed by atoms with Crippen molar-refractivity contribution in [3.63, 3.8) is 0 Å². The highest BCUT2D eigenvalue weighted by Crippen LogP contribution is 2.17. The first-order valence-electron chi connectivity index (χ1n) is 9.85. The highest BCUT2D eigenvalue weighted by molar-refractivity contribution is 6.02. The number of benzene rings is 2. The lowest BCUT2D eigenvalue weighted by Gasteiger charge is -2.14. The number of fused-ring (bicyclic) bond motifs is 1. The van der Waals surface area contributed by atoms with Crippen molar-refractivity contribution in [3.8, 4) is 5.75 Å². The second-order valence-electron chi connectivity index (χ2n) is 6.82. The van der Waals surface area contributed by atoms with Gasteiger partial charge < -0.3 is 14.0 Å². The number of carbonyl (C=O) groups excluding carboxylic acids is 2. The number of ketones is 1. The van der Waals surface area contributed by atoms with Gasteiger partial charge in [-0.1, -0.05) is 0 Å². The fourth-order valence-electron chi connectivity index (χ4n) is 3.21. The van der Waals surface area contributed by atoms with E-state index in [1.165, 1.54) is 6.92 Å². The largest absolute Gasteiger partial charge is 0.494 e. The van der Waals surface area contributed by atoms with Crippen LogP contribution in [0.4, 0.5) is 0 Å². The van der Waals surface area contributed by atoms with E-state index < -0.39 is 12.1 Å². The van der Waals surface area contributed by atoms with Crippen LogP contribution in [0.2, 0.25) is 0 Å². The Hall–Kier alpha value is -3.48. The number of Topliss-reactive ketones (excluding diaryl/α,β-unsaturated/α-hetero) is 1. The summed E-state index contributed by atoms with van der Waals surface area (Å²) in [5, 5.41) is 0. The van der Waals surface area contributed by atoms with Gasteiger partial charge in [-0.2, -0.15) is 0 Å². The van der Waals surface area contributed by atoms with E-state index in [2.05, 4.69) is 4.98 Å². The van der Waals surface area contributed by atoms with E-state index in [1.54, 1.807) is 54.0 Å². The van der Waals surface area contributed by atoms with E-state index in [0.29, 0.717) is 41.2 Å². The minimum atomic E-state index is -0.953. The van der Waals surface area contributed by atoms with Crippen molar-refractivity contribution in [3.05, 3.63) is 69.6 Å². The monoisotopic (exact) mass is 408 g/mol.